The Bertz CT molecular complexity index is 752. The zero-order valence-corrected chi connectivity index (χ0v) is 17.8. The maximum atomic E-state index is 12.8. The Morgan fingerprint density at radius 2 is 2.25 bits per heavy atom. The second-order valence-electron chi connectivity index (χ2n) is 6.17. The van der Waals surface area contributed by atoms with Gasteiger partial charge in [0.15, 0.2) is 5.15 Å². The Morgan fingerprint density at radius 3 is 2.86 bits per heavy atom. The van der Waals surface area contributed by atoms with Gasteiger partial charge in [-0.25, -0.2) is 4.98 Å². The molecule has 0 saturated carbocycles. The van der Waals surface area contributed by atoms with Crippen molar-refractivity contribution in [3.8, 4) is 0 Å². The van der Waals surface area contributed by atoms with Crippen LogP contribution in [-0.4, -0.2) is 51.9 Å². The minimum Gasteiger partial charge on any atom is -0.301 e. The fourth-order valence-corrected chi connectivity index (χ4v) is 4.89. The van der Waals surface area contributed by atoms with Gasteiger partial charge in [-0.2, -0.15) is 24.9 Å². The molecule has 156 valence electrons. The molecule has 1 amide bonds. The average molecular weight is 456 g/mol. The lowest BCUT2D eigenvalue weighted by Gasteiger charge is -2.23. The number of hydrogen-bond donors (Lipinski definition) is 1. The van der Waals surface area contributed by atoms with E-state index in [2.05, 4.69) is 4.98 Å². The average Bonchev–Trinajstić information content (AvgIpc) is 3.00. The van der Waals surface area contributed by atoms with Crippen molar-refractivity contribution in [2.75, 3.05) is 29.5 Å². The maximum Gasteiger partial charge on any atom is 0.389 e. The molecular weight excluding hydrogens is 435 g/mol. The van der Waals surface area contributed by atoms with Gasteiger partial charge in [0.1, 0.15) is 10.0 Å². The molecule has 2 heterocycles. The van der Waals surface area contributed by atoms with Crippen molar-refractivity contribution in [1.29, 1.82) is 0 Å². The SMILES string of the molecule is CCN(C(=O)C(C)CSCCC(F)(F)F)c1sc(C2=CC=CN(O)C2)nc1Cl. The second-order valence-corrected chi connectivity index (χ2v) is 8.65. The Kier molecular flexibility index (Phi) is 8.23. The normalized spacial score (nSPS) is 15.5. The Morgan fingerprint density at radius 1 is 1.54 bits per heavy atom. The Hall–Kier alpha value is -1.23. The highest BCUT2D eigenvalue weighted by atomic mass is 35.5. The summed E-state index contributed by atoms with van der Waals surface area (Å²) < 4.78 is 36.7. The number of carbonyl (C=O) groups excluding carboxylic acids is 1. The van der Waals surface area contributed by atoms with E-state index in [9.17, 15) is 23.2 Å². The van der Waals surface area contributed by atoms with Gasteiger partial charge in [0.2, 0.25) is 5.91 Å². The summed E-state index contributed by atoms with van der Waals surface area (Å²) in [4.78, 5) is 18.6. The van der Waals surface area contributed by atoms with Gasteiger partial charge < -0.3 is 4.90 Å². The lowest BCUT2D eigenvalue weighted by molar-refractivity contribution is -0.129. The minimum atomic E-state index is -4.19. The van der Waals surface area contributed by atoms with E-state index in [1.54, 1.807) is 19.9 Å². The van der Waals surface area contributed by atoms with Gasteiger partial charge in [-0.15, -0.1) is 0 Å². The second kappa shape index (κ2) is 10.00. The summed E-state index contributed by atoms with van der Waals surface area (Å²) in [5, 5.41) is 11.9. The van der Waals surface area contributed by atoms with Crippen LogP contribution in [0, 0.1) is 5.92 Å². The fourth-order valence-electron chi connectivity index (χ4n) is 2.46. The number of hydroxylamine groups is 2. The molecule has 1 N–H and O–H groups in total. The zero-order valence-electron chi connectivity index (χ0n) is 15.4. The Labute approximate surface area is 174 Å². The van der Waals surface area contributed by atoms with Crippen molar-refractivity contribution >= 4 is 51.2 Å². The van der Waals surface area contributed by atoms with Crippen LogP contribution in [0.5, 0.6) is 0 Å². The van der Waals surface area contributed by atoms with E-state index in [-0.39, 0.29) is 23.4 Å². The highest BCUT2D eigenvalue weighted by Gasteiger charge is 2.28. The quantitative estimate of drug-likeness (QED) is 0.554. The van der Waals surface area contributed by atoms with E-state index < -0.39 is 18.5 Å². The third kappa shape index (κ3) is 6.40. The predicted molar refractivity (Wildman–Crippen MR) is 108 cm³/mol. The van der Waals surface area contributed by atoms with Crippen LogP contribution in [0.25, 0.3) is 5.57 Å². The van der Waals surface area contributed by atoms with Crippen molar-refractivity contribution < 1.29 is 23.2 Å². The number of rotatable bonds is 8. The van der Waals surface area contributed by atoms with Crippen LogP contribution in [0.15, 0.2) is 18.4 Å². The van der Waals surface area contributed by atoms with Gasteiger partial charge in [-0.3, -0.25) is 15.1 Å². The van der Waals surface area contributed by atoms with Crippen molar-refractivity contribution in [3.63, 3.8) is 0 Å². The summed E-state index contributed by atoms with van der Waals surface area (Å²) in [6.45, 7) is 4.11. The molecule has 11 heteroatoms. The zero-order chi connectivity index (χ0) is 20.9. The summed E-state index contributed by atoms with van der Waals surface area (Å²) >= 11 is 8.61. The first-order valence-corrected chi connectivity index (χ1v) is 10.9. The van der Waals surface area contributed by atoms with Gasteiger partial charge in [0.05, 0.1) is 13.0 Å². The van der Waals surface area contributed by atoms with Crippen molar-refractivity contribution in [2.24, 2.45) is 5.92 Å². The summed E-state index contributed by atoms with van der Waals surface area (Å²) in [5.41, 5.74) is 0.766. The topological polar surface area (TPSA) is 56.7 Å². The third-order valence-electron chi connectivity index (χ3n) is 3.88. The molecule has 1 atom stereocenters. The molecule has 28 heavy (non-hydrogen) atoms. The molecule has 1 aromatic rings. The first-order chi connectivity index (χ1) is 13.1. The number of aromatic nitrogens is 1. The number of carbonyl (C=O) groups is 1. The minimum absolute atomic E-state index is 0.0714. The first-order valence-electron chi connectivity index (χ1n) is 8.57. The molecule has 0 radical (unpaired) electrons. The number of amides is 1. The van der Waals surface area contributed by atoms with Gasteiger partial charge in [0.25, 0.3) is 0 Å². The largest absolute Gasteiger partial charge is 0.389 e. The van der Waals surface area contributed by atoms with Gasteiger partial charge in [-0.1, -0.05) is 35.9 Å². The molecule has 0 saturated heterocycles. The third-order valence-corrected chi connectivity index (χ3v) is 6.64. The maximum absolute atomic E-state index is 12.8. The van der Waals surface area contributed by atoms with Gasteiger partial charge >= 0.3 is 6.18 Å². The van der Waals surface area contributed by atoms with Gasteiger partial charge in [0, 0.05) is 35.7 Å². The standard InChI is InChI=1S/C17H21ClF3N3O2S2/c1-3-24(15(25)11(2)10-27-8-6-17(19,20)21)16-13(18)22-14(28-16)12-5-4-7-23(26)9-12/h4-5,7,11,26H,3,6,8-10H2,1-2H3. The molecule has 1 aliphatic rings. The molecule has 0 fully saturated rings. The number of halogens is 4. The van der Waals surface area contributed by atoms with Crippen LogP contribution in [0.4, 0.5) is 18.2 Å². The number of nitrogens with zero attached hydrogens (tertiary/aromatic N) is 3. The molecule has 5 nitrogen and oxygen atoms in total. The van der Waals surface area contributed by atoms with Crippen LogP contribution in [-0.2, 0) is 4.79 Å². The first kappa shape index (κ1) is 23.1. The summed E-state index contributed by atoms with van der Waals surface area (Å²) in [6, 6.07) is 0. The number of hydrogen-bond acceptors (Lipinski definition) is 6. The highest BCUT2D eigenvalue weighted by molar-refractivity contribution is 7.99. The molecule has 0 aromatic carbocycles. The lowest BCUT2D eigenvalue weighted by Crippen LogP contribution is -2.35. The van der Waals surface area contributed by atoms with Crippen molar-refractivity contribution in [3.05, 3.63) is 28.5 Å². The number of anilines is 1. The molecule has 2 rings (SSSR count). The van der Waals surface area contributed by atoms with Crippen molar-refractivity contribution in [1.82, 2.24) is 10.0 Å². The number of alkyl halides is 3. The predicted octanol–water partition coefficient (Wildman–Crippen LogP) is 5.07. The van der Waals surface area contributed by atoms with Crippen LogP contribution in [0.3, 0.4) is 0 Å². The van der Waals surface area contributed by atoms with Gasteiger partial charge in [-0.05, 0) is 13.0 Å². The number of thiazole rings is 1. The van der Waals surface area contributed by atoms with E-state index in [1.807, 2.05) is 6.08 Å². The number of thioether (sulfide) groups is 1. The van der Waals surface area contributed by atoms with Crippen molar-refractivity contribution in [2.45, 2.75) is 26.4 Å². The molecule has 0 spiro atoms. The van der Waals surface area contributed by atoms with Crippen LogP contribution in [0.1, 0.15) is 25.3 Å². The smallest absolute Gasteiger partial charge is 0.301 e. The molecular formula is C17H21ClF3N3O2S2. The number of allylic oxidation sites excluding steroid dienone is 2. The van der Waals surface area contributed by atoms with E-state index in [1.165, 1.54) is 22.4 Å². The Balaban J connectivity index is 2.04. The summed E-state index contributed by atoms with van der Waals surface area (Å²) in [5.74, 6) is -0.438. The van der Waals surface area contributed by atoms with Crippen LogP contribution >= 0.6 is 34.7 Å². The lowest BCUT2D eigenvalue weighted by atomic mass is 10.2. The highest BCUT2D eigenvalue weighted by Crippen LogP contribution is 2.37. The monoisotopic (exact) mass is 455 g/mol. The molecule has 1 unspecified atom stereocenters. The molecule has 0 aliphatic carbocycles. The van der Waals surface area contributed by atoms with Crippen LogP contribution < -0.4 is 4.90 Å². The van der Waals surface area contributed by atoms with Crippen LogP contribution in [0.2, 0.25) is 5.15 Å². The fraction of sp³-hybridized carbons (Fsp3) is 0.529. The molecule has 0 bridgehead atoms. The van der Waals surface area contributed by atoms with E-state index in [0.29, 0.717) is 22.3 Å². The van der Waals surface area contributed by atoms with E-state index in [4.69, 9.17) is 11.6 Å². The summed E-state index contributed by atoms with van der Waals surface area (Å²) in [6.07, 6.45) is -0.0545. The summed E-state index contributed by atoms with van der Waals surface area (Å²) in [7, 11) is 0. The van der Waals surface area contributed by atoms with E-state index >= 15 is 0 Å². The van der Waals surface area contributed by atoms with E-state index in [0.717, 1.165) is 22.4 Å². The molecule has 1 aromatic heterocycles. The molecule has 1 aliphatic heterocycles.